The van der Waals surface area contributed by atoms with Crippen molar-refractivity contribution in [3.8, 4) is 0 Å². The van der Waals surface area contributed by atoms with Crippen LogP contribution in [-0.4, -0.2) is 36.1 Å². The van der Waals surface area contributed by atoms with E-state index < -0.39 is 0 Å². The SMILES string of the molecule is CCC(CSC)N(C)c1ncc(CNC2CC2)s1. The van der Waals surface area contributed by atoms with Gasteiger partial charge in [-0.05, 0) is 25.5 Å². The van der Waals surface area contributed by atoms with E-state index in [1.54, 1.807) is 0 Å². The van der Waals surface area contributed by atoms with Crippen LogP contribution in [0.4, 0.5) is 5.13 Å². The summed E-state index contributed by atoms with van der Waals surface area (Å²) in [7, 11) is 2.17. The summed E-state index contributed by atoms with van der Waals surface area (Å²) in [6.07, 6.45) is 8.06. The summed E-state index contributed by atoms with van der Waals surface area (Å²) < 4.78 is 0. The molecule has 102 valence electrons. The molecule has 1 heterocycles. The number of anilines is 1. The van der Waals surface area contributed by atoms with Crippen LogP contribution in [0, 0.1) is 0 Å². The molecule has 1 N–H and O–H groups in total. The molecule has 0 aromatic carbocycles. The summed E-state index contributed by atoms with van der Waals surface area (Å²) in [4.78, 5) is 8.25. The normalized spacial score (nSPS) is 16.8. The van der Waals surface area contributed by atoms with Gasteiger partial charge in [0.25, 0.3) is 0 Å². The van der Waals surface area contributed by atoms with Crippen molar-refractivity contribution in [1.82, 2.24) is 10.3 Å². The largest absolute Gasteiger partial charge is 0.347 e. The molecule has 0 spiro atoms. The van der Waals surface area contributed by atoms with Crippen LogP contribution in [0.5, 0.6) is 0 Å². The fourth-order valence-electron chi connectivity index (χ4n) is 1.93. The summed E-state index contributed by atoms with van der Waals surface area (Å²) in [6, 6.07) is 1.36. The summed E-state index contributed by atoms with van der Waals surface area (Å²) in [6.45, 7) is 3.23. The number of nitrogens with one attached hydrogen (secondary N) is 1. The maximum atomic E-state index is 4.56. The van der Waals surface area contributed by atoms with Gasteiger partial charge in [-0.2, -0.15) is 11.8 Å². The van der Waals surface area contributed by atoms with Gasteiger partial charge in [-0.15, -0.1) is 11.3 Å². The van der Waals surface area contributed by atoms with Gasteiger partial charge in [0, 0.05) is 42.5 Å². The van der Waals surface area contributed by atoms with Crippen molar-refractivity contribution >= 4 is 28.2 Å². The zero-order chi connectivity index (χ0) is 13.0. The number of nitrogens with zero attached hydrogens (tertiary/aromatic N) is 2. The van der Waals surface area contributed by atoms with Crippen LogP contribution < -0.4 is 10.2 Å². The van der Waals surface area contributed by atoms with Crippen LogP contribution in [0.25, 0.3) is 0 Å². The molecule has 1 aromatic heterocycles. The fourth-order valence-corrected chi connectivity index (χ4v) is 3.66. The Morgan fingerprint density at radius 3 is 3.00 bits per heavy atom. The van der Waals surface area contributed by atoms with Gasteiger partial charge in [0.05, 0.1) is 0 Å². The second-order valence-electron chi connectivity index (χ2n) is 4.89. The molecular weight excluding hydrogens is 262 g/mol. The van der Waals surface area contributed by atoms with E-state index in [4.69, 9.17) is 0 Å². The van der Waals surface area contributed by atoms with E-state index in [2.05, 4.69) is 35.4 Å². The number of hydrogen-bond donors (Lipinski definition) is 1. The van der Waals surface area contributed by atoms with E-state index in [9.17, 15) is 0 Å². The van der Waals surface area contributed by atoms with Gasteiger partial charge in [-0.1, -0.05) is 6.92 Å². The average Bonchev–Trinajstić information content (AvgIpc) is 3.10. The molecule has 1 aliphatic rings. The first kappa shape index (κ1) is 14.2. The van der Waals surface area contributed by atoms with E-state index in [1.807, 2.05) is 29.3 Å². The van der Waals surface area contributed by atoms with Crippen molar-refractivity contribution in [2.24, 2.45) is 0 Å². The van der Waals surface area contributed by atoms with E-state index >= 15 is 0 Å². The van der Waals surface area contributed by atoms with Crippen LogP contribution in [0.2, 0.25) is 0 Å². The highest BCUT2D eigenvalue weighted by Gasteiger charge is 2.21. The lowest BCUT2D eigenvalue weighted by Gasteiger charge is -2.26. The second kappa shape index (κ2) is 6.78. The van der Waals surface area contributed by atoms with Crippen molar-refractivity contribution < 1.29 is 0 Å². The molecule has 0 amide bonds. The third kappa shape index (κ3) is 3.87. The Kier molecular flexibility index (Phi) is 5.33. The molecule has 1 aromatic rings. The quantitative estimate of drug-likeness (QED) is 0.795. The minimum absolute atomic E-state index is 0.593. The highest BCUT2D eigenvalue weighted by Crippen LogP contribution is 2.26. The smallest absolute Gasteiger partial charge is 0.185 e. The maximum Gasteiger partial charge on any atom is 0.185 e. The molecule has 1 aliphatic carbocycles. The predicted octanol–water partition coefficient (Wildman–Crippen LogP) is 2.97. The highest BCUT2D eigenvalue weighted by molar-refractivity contribution is 7.98. The number of thioether (sulfide) groups is 1. The van der Waals surface area contributed by atoms with Crippen LogP contribution in [0.1, 0.15) is 31.1 Å². The molecule has 1 saturated carbocycles. The molecule has 5 heteroatoms. The number of rotatable bonds is 8. The maximum absolute atomic E-state index is 4.56. The molecule has 2 rings (SSSR count). The van der Waals surface area contributed by atoms with Gasteiger partial charge in [0.2, 0.25) is 0 Å². The number of hydrogen-bond acceptors (Lipinski definition) is 5. The van der Waals surface area contributed by atoms with Gasteiger partial charge >= 0.3 is 0 Å². The zero-order valence-electron chi connectivity index (χ0n) is 11.5. The molecule has 1 fully saturated rings. The molecule has 0 saturated heterocycles. The van der Waals surface area contributed by atoms with E-state index in [1.165, 1.54) is 29.9 Å². The second-order valence-corrected chi connectivity index (χ2v) is 6.90. The van der Waals surface area contributed by atoms with E-state index in [-0.39, 0.29) is 0 Å². The molecular formula is C13H23N3S2. The molecule has 0 bridgehead atoms. The zero-order valence-corrected chi connectivity index (χ0v) is 13.1. The van der Waals surface area contributed by atoms with E-state index in [0.717, 1.165) is 17.7 Å². The summed E-state index contributed by atoms with van der Waals surface area (Å²) in [5, 5.41) is 4.70. The first-order valence-electron chi connectivity index (χ1n) is 6.64. The third-order valence-electron chi connectivity index (χ3n) is 3.36. The van der Waals surface area contributed by atoms with Crippen molar-refractivity contribution in [1.29, 1.82) is 0 Å². The van der Waals surface area contributed by atoms with Crippen molar-refractivity contribution in [3.63, 3.8) is 0 Å². The van der Waals surface area contributed by atoms with Crippen LogP contribution >= 0.6 is 23.1 Å². The predicted molar refractivity (Wildman–Crippen MR) is 82.8 cm³/mol. The Hall–Kier alpha value is -0.260. The van der Waals surface area contributed by atoms with Gasteiger partial charge in [0.15, 0.2) is 5.13 Å². The minimum atomic E-state index is 0.593. The summed E-state index contributed by atoms with van der Waals surface area (Å²) in [5.74, 6) is 1.17. The lowest BCUT2D eigenvalue weighted by atomic mass is 10.2. The Morgan fingerprint density at radius 1 is 1.61 bits per heavy atom. The molecule has 0 radical (unpaired) electrons. The topological polar surface area (TPSA) is 28.2 Å². The van der Waals surface area contributed by atoms with E-state index in [0.29, 0.717) is 6.04 Å². The van der Waals surface area contributed by atoms with Crippen molar-refractivity contribution in [3.05, 3.63) is 11.1 Å². The fraction of sp³-hybridized carbons (Fsp3) is 0.769. The Balaban J connectivity index is 1.89. The number of aromatic nitrogens is 1. The van der Waals surface area contributed by atoms with Gasteiger partial charge in [-0.3, -0.25) is 0 Å². The lowest BCUT2D eigenvalue weighted by molar-refractivity contribution is 0.671. The first-order chi connectivity index (χ1) is 8.74. The average molecular weight is 285 g/mol. The molecule has 1 unspecified atom stereocenters. The first-order valence-corrected chi connectivity index (χ1v) is 8.85. The Morgan fingerprint density at radius 2 is 2.39 bits per heavy atom. The standard InChI is InChI=1S/C13H23N3S2/c1-4-11(9-17-3)16(2)13-15-8-12(18-13)7-14-10-5-6-10/h8,10-11,14H,4-7,9H2,1-3H3. The van der Waals surface area contributed by atoms with Crippen LogP contribution in [0.15, 0.2) is 6.20 Å². The molecule has 0 aliphatic heterocycles. The van der Waals surface area contributed by atoms with Crippen molar-refractivity contribution in [2.45, 2.75) is 44.8 Å². The highest BCUT2D eigenvalue weighted by atomic mass is 32.2. The monoisotopic (exact) mass is 285 g/mol. The van der Waals surface area contributed by atoms with Gasteiger partial charge in [0.1, 0.15) is 0 Å². The summed E-state index contributed by atoms with van der Waals surface area (Å²) >= 11 is 3.73. The molecule has 3 nitrogen and oxygen atoms in total. The van der Waals surface area contributed by atoms with Crippen molar-refractivity contribution in [2.75, 3.05) is 24.0 Å². The minimum Gasteiger partial charge on any atom is -0.347 e. The van der Waals surface area contributed by atoms with Crippen LogP contribution in [-0.2, 0) is 6.54 Å². The molecule has 18 heavy (non-hydrogen) atoms. The van der Waals surface area contributed by atoms with Gasteiger partial charge < -0.3 is 10.2 Å². The Bertz CT molecular complexity index is 363. The lowest BCUT2D eigenvalue weighted by Crippen LogP contribution is -2.32. The van der Waals surface area contributed by atoms with Crippen LogP contribution in [0.3, 0.4) is 0 Å². The Labute approximate surface area is 118 Å². The summed E-state index contributed by atoms with van der Waals surface area (Å²) in [5.41, 5.74) is 0. The third-order valence-corrected chi connectivity index (χ3v) is 5.17. The van der Waals surface area contributed by atoms with Gasteiger partial charge in [-0.25, -0.2) is 4.98 Å². The number of thiazole rings is 1. The molecule has 1 atom stereocenters.